The van der Waals surface area contributed by atoms with E-state index in [0.717, 1.165) is 12.8 Å². The van der Waals surface area contributed by atoms with Crippen LogP contribution in [0.5, 0.6) is 0 Å². The number of Topliss-reactive ketones (excluding diaryl/α,β-unsaturated/α-hetero) is 1. The smallest absolute Gasteiger partial charge is 0.130 e. The number of allylic oxidation sites excluding steroid dienone is 2. The number of carbonyl (C=O) groups is 1. The topological polar surface area (TPSA) is 17.1 Å². The molecule has 0 heterocycles. The predicted molar refractivity (Wildman–Crippen MR) is 44.0 cm³/mol. The van der Waals surface area contributed by atoms with Crippen LogP contribution >= 0.6 is 0 Å². The van der Waals surface area contributed by atoms with Crippen LogP contribution in [0.1, 0.15) is 39.5 Å². The Kier molecular flexibility index (Phi) is 6.14. The first-order valence-corrected chi connectivity index (χ1v) is 3.91. The molecule has 0 bridgehead atoms. The van der Waals surface area contributed by atoms with Crippen LogP contribution in [0.25, 0.3) is 0 Å². The van der Waals surface area contributed by atoms with Crippen LogP contribution < -0.4 is 0 Å². The molecule has 0 aromatic heterocycles. The lowest BCUT2D eigenvalue weighted by Gasteiger charge is -1.87. The van der Waals surface area contributed by atoms with Crippen molar-refractivity contribution in [1.82, 2.24) is 0 Å². The van der Waals surface area contributed by atoms with Gasteiger partial charge in [-0.2, -0.15) is 0 Å². The van der Waals surface area contributed by atoms with E-state index in [9.17, 15) is 4.79 Å². The molecule has 1 nitrogen and oxygen atoms in total. The first-order chi connectivity index (χ1) is 4.77. The number of unbranched alkanes of at least 4 members (excludes halogenated alkanes) is 1. The molecule has 0 N–H and O–H groups in total. The van der Waals surface area contributed by atoms with E-state index >= 15 is 0 Å². The molecule has 0 saturated heterocycles. The Morgan fingerprint density at radius 3 is 2.40 bits per heavy atom. The van der Waals surface area contributed by atoms with Crippen LogP contribution in [-0.4, -0.2) is 5.78 Å². The Hall–Kier alpha value is -0.590. The third kappa shape index (κ3) is 7.41. The number of hydrogen-bond donors (Lipinski definition) is 0. The minimum absolute atomic E-state index is 0.279. The molecule has 1 heteroatoms. The summed E-state index contributed by atoms with van der Waals surface area (Å²) in [6.45, 7) is 3.78. The first-order valence-electron chi connectivity index (χ1n) is 3.91. The Morgan fingerprint density at radius 1 is 1.30 bits per heavy atom. The predicted octanol–water partition coefficient (Wildman–Crippen LogP) is 2.71. The molecule has 0 aliphatic rings. The summed E-state index contributed by atoms with van der Waals surface area (Å²) < 4.78 is 0. The molecule has 0 atom stereocenters. The van der Waals surface area contributed by atoms with Gasteiger partial charge >= 0.3 is 0 Å². The fourth-order valence-electron chi connectivity index (χ4n) is 0.689. The molecule has 0 amide bonds. The molecule has 0 rings (SSSR count). The molecule has 0 unspecified atom stereocenters. The Morgan fingerprint density at radius 2 is 1.90 bits per heavy atom. The molecule has 0 radical (unpaired) electrons. The van der Waals surface area contributed by atoms with Crippen LogP contribution in [0.4, 0.5) is 0 Å². The van der Waals surface area contributed by atoms with Crippen LogP contribution in [0.3, 0.4) is 0 Å². The van der Waals surface area contributed by atoms with E-state index in [4.69, 9.17) is 0 Å². The van der Waals surface area contributed by atoms with Gasteiger partial charge in [-0.1, -0.05) is 25.5 Å². The van der Waals surface area contributed by atoms with E-state index in [2.05, 4.69) is 19.1 Å². The van der Waals surface area contributed by atoms with Crippen molar-refractivity contribution in [2.75, 3.05) is 0 Å². The molecular formula is C9H16O. The highest BCUT2D eigenvalue weighted by Crippen LogP contribution is 1.95. The highest BCUT2D eigenvalue weighted by molar-refractivity contribution is 5.75. The number of carbonyl (C=O) groups excluding carboxylic acids is 1. The summed E-state index contributed by atoms with van der Waals surface area (Å²) in [5, 5.41) is 0. The zero-order valence-corrected chi connectivity index (χ0v) is 6.89. The summed E-state index contributed by atoms with van der Waals surface area (Å²) >= 11 is 0. The van der Waals surface area contributed by atoms with Gasteiger partial charge in [0.15, 0.2) is 0 Å². The Bertz CT molecular complexity index is 114. The van der Waals surface area contributed by atoms with Crippen molar-refractivity contribution in [2.24, 2.45) is 0 Å². The number of rotatable bonds is 5. The van der Waals surface area contributed by atoms with Gasteiger partial charge in [-0.25, -0.2) is 0 Å². The van der Waals surface area contributed by atoms with Gasteiger partial charge in [0.1, 0.15) is 5.78 Å². The van der Waals surface area contributed by atoms with Crippen molar-refractivity contribution in [2.45, 2.75) is 39.5 Å². The summed E-state index contributed by atoms with van der Waals surface area (Å²) in [7, 11) is 0. The first kappa shape index (κ1) is 9.41. The monoisotopic (exact) mass is 140 g/mol. The van der Waals surface area contributed by atoms with Crippen LogP contribution in [0.2, 0.25) is 0 Å². The van der Waals surface area contributed by atoms with Crippen LogP contribution in [0, 0.1) is 0 Å². The number of ketones is 1. The summed E-state index contributed by atoms with van der Waals surface area (Å²) in [5.74, 6) is 0.279. The lowest BCUT2D eigenvalue weighted by atomic mass is 10.2. The van der Waals surface area contributed by atoms with Gasteiger partial charge in [0, 0.05) is 6.42 Å². The fourth-order valence-corrected chi connectivity index (χ4v) is 0.689. The average molecular weight is 140 g/mol. The maximum atomic E-state index is 10.4. The molecule has 0 spiro atoms. The number of hydrogen-bond acceptors (Lipinski definition) is 1. The van der Waals surface area contributed by atoms with Crippen LogP contribution in [0.15, 0.2) is 12.2 Å². The zero-order chi connectivity index (χ0) is 7.82. The highest BCUT2D eigenvalue weighted by Gasteiger charge is 1.87. The maximum Gasteiger partial charge on any atom is 0.130 e. The van der Waals surface area contributed by atoms with Gasteiger partial charge in [-0.3, -0.25) is 0 Å². The molecule has 10 heavy (non-hydrogen) atoms. The van der Waals surface area contributed by atoms with Gasteiger partial charge in [0.05, 0.1) is 0 Å². The molecule has 0 aromatic rings. The van der Waals surface area contributed by atoms with Gasteiger partial charge in [-0.05, 0) is 19.8 Å². The zero-order valence-electron chi connectivity index (χ0n) is 6.89. The van der Waals surface area contributed by atoms with Crippen molar-refractivity contribution in [3.8, 4) is 0 Å². The van der Waals surface area contributed by atoms with E-state index in [0.29, 0.717) is 6.42 Å². The minimum Gasteiger partial charge on any atom is -0.300 e. The summed E-state index contributed by atoms with van der Waals surface area (Å²) in [6.07, 6.45) is 8.16. The van der Waals surface area contributed by atoms with Crippen molar-refractivity contribution < 1.29 is 4.79 Å². The van der Waals surface area contributed by atoms with Crippen molar-refractivity contribution >= 4 is 5.78 Å². The van der Waals surface area contributed by atoms with Crippen LogP contribution in [-0.2, 0) is 4.79 Å². The summed E-state index contributed by atoms with van der Waals surface area (Å²) in [6, 6.07) is 0. The largest absolute Gasteiger partial charge is 0.300 e. The normalized spacial score (nSPS) is 10.6. The van der Waals surface area contributed by atoms with E-state index in [1.54, 1.807) is 6.92 Å². The van der Waals surface area contributed by atoms with Gasteiger partial charge in [-0.15, -0.1) is 0 Å². The maximum absolute atomic E-state index is 10.4. The standard InChI is InChI=1S/C9H16O/c1-3-4-5-6-7-8-9(2)10/h5-6H,3-4,7-8H2,1-2H3/b6-5+. The highest BCUT2D eigenvalue weighted by atomic mass is 16.1. The average Bonchev–Trinajstić information content (AvgIpc) is 1.87. The SMILES string of the molecule is CCC/C=C/CCC(C)=O. The molecule has 0 aliphatic carbocycles. The molecule has 0 saturated carbocycles. The third-order valence-corrected chi connectivity index (χ3v) is 1.29. The van der Waals surface area contributed by atoms with Gasteiger partial charge in [0.25, 0.3) is 0 Å². The van der Waals surface area contributed by atoms with Crippen molar-refractivity contribution in [3.63, 3.8) is 0 Å². The van der Waals surface area contributed by atoms with Gasteiger partial charge < -0.3 is 4.79 Å². The second kappa shape index (κ2) is 6.53. The summed E-state index contributed by atoms with van der Waals surface area (Å²) in [4.78, 5) is 10.4. The second-order valence-electron chi connectivity index (χ2n) is 2.50. The minimum atomic E-state index is 0.279. The van der Waals surface area contributed by atoms with E-state index in [1.807, 2.05) is 0 Å². The molecule has 0 aliphatic heterocycles. The Labute approximate surface area is 63.1 Å². The van der Waals surface area contributed by atoms with E-state index in [-0.39, 0.29) is 5.78 Å². The Balaban J connectivity index is 3.10. The second-order valence-corrected chi connectivity index (χ2v) is 2.50. The molecular weight excluding hydrogens is 124 g/mol. The quantitative estimate of drug-likeness (QED) is 0.536. The fraction of sp³-hybridized carbons (Fsp3) is 0.667. The molecule has 58 valence electrons. The van der Waals surface area contributed by atoms with Crippen molar-refractivity contribution in [1.29, 1.82) is 0 Å². The van der Waals surface area contributed by atoms with E-state index in [1.165, 1.54) is 6.42 Å². The summed E-state index contributed by atoms with van der Waals surface area (Å²) in [5.41, 5.74) is 0. The lowest BCUT2D eigenvalue weighted by molar-refractivity contribution is -0.116. The van der Waals surface area contributed by atoms with E-state index < -0.39 is 0 Å². The molecule has 0 fully saturated rings. The molecule has 0 aromatic carbocycles. The lowest BCUT2D eigenvalue weighted by Crippen LogP contribution is -1.85. The van der Waals surface area contributed by atoms with Gasteiger partial charge in [0.2, 0.25) is 0 Å². The van der Waals surface area contributed by atoms with Crippen molar-refractivity contribution in [3.05, 3.63) is 12.2 Å². The third-order valence-electron chi connectivity index (χ3n) is 1.29.